The lowest BCUT2D eigenvalue weighted by molar-refractivity contribution is -0.157. The first-order valence-electron chi connectivity index (χ1n) is 36.8. The third-order valence-corrected chi connectivity index (χ3v) is 14.3. The van der Waals surface area contributed by atoms with E-state index in [1.807, 2.05) is 6.92 Å². The Balaban J connectivity index is 5.94. The Labute approximate surface area is 628 Å². The Morgan fingerprint density at radius 3 is 0.491 bits per heavy atom. The number of hydrogen-bond acceptors (Lipinski definition) is 34. The van der Waals surface area contributed by atoms with Crippen molar-refractivity contribution in [2.24, 2.45) is 27.6 Å². The normalized spacial score (nSPS) is 19.0. The Bertz CT molecular complexity index is 1880. The maximum atomic E-state index is 13.2. The van der Waals surface area contributed by atoms with Gasteiger partial charge in [-0.2, -0.15) is 0 Å². The second kappa shape index (κ2) is 59.7. The molecule has 0 rings (SSSR count). The SMILES string of the molecule is CC(O)COCC(COCC(C)O)(COCC(C)O)COCC(C)CC(=O)OC(C)COCC(COCC(C)O)(COCC(C)O)COCC(C)OC(=O)OC(C)COCC(COCC(C)O)(COCC(C)O)COCC(C)OC(=O)OC(C)COCC(COCC(C)O)(COCC(C)O)COCC(C)O. The van der Waals surface area contributed by atoms with Crippen molar-refractivity contribution in [3.63, 3.8) is 0 Å². The van der Waals surface area contributed by atoms with Gasteiger partial charge in [-0.15, -0.1) is 0 Å². The molecule has 0 aromatic carbocycles. The molecule has 0 bridgehead atoms. The summed E-state index contributed by atoms with van der Waals surface area (Å²) in [6.07, 6.45) is -14.0. The molecule has 0 saturated heterocycles. The molecule has 0 radical (unpaired) electrons. The molecule has 0 amide bonds. The molecule has 0 aliphatic carbocycles. The lowest BCUT2D eigenvalue weighted by atomic mass is 9.92. The number of esters is 1. The summed E-state index contributed by atoms with van der Waals surface area (Å²) in [5, 5.41) is 99.4. The first-order valence-corrected chi connectivity index (χ1v) is 36.8. The number of ether oxygens (including phenoxy) is 21. The Kier molecular flexibility index (Phi) is 58.0. The highest BCUT2D eigenvalue weighted by molar-refractivity contribution is 5.69. The van der Waals surface area contributed by atoms with Gasteiger partial charge in [-0.25, -0.2) is 9.59 Å². The largest absolute Gasteiger partial charge is 0.508 e. The van der Waals surface area contributed by atoms with E-state index in [1.165, 1.54) is 0 Å². The van der Waals surface area contributed by atoms with Crippen LogP contribution in [0.1, 0.15) is 117 Å². The van der Waals surface area contributed by atoms with Crippen molar-refractivity contribution >= 4 is 18.3 Å². The molecular formula is C72H140O34. The second-order valence-electron chi connectivity index (χ2n) is 29.6. The molecule has 0 saturated carbocycles. The van der Waals surface area contributed by atoms with E-state index in [4.69, 9.17) is 99.5 Å². The molecule has 16 atom stereocenters. The summed E-state index contributed by atoms with van der Waals surface area (Å²) in [4.78, 5) is 39.5. The maximum Gasteiger partial charge on any atom is 0.508 e. The molecular weight excluding hydrogens is 1410 g/mol. The van der Waals surface area contributed by atoms with E-state index in [2.05, 4.69) is 0 Å². The van der Waals surface area contributed by atoms with E-state index in [0.717, 1.165) is 0 Å². The standard InChI is InChI=1S/C72H140O34/c1-50(18-86-34-69(35-87-19-51(2)73,36-88-20-52(3)74)37-89-21-53(4)75)17-66(83)102-61(12)29-97-46-71(41-93-25-57(8)79,42-94-26-58(9)80)47-99-31-63(14)104-68(85)106-65(16)33-101-49-72(43-95-27-59(10)81,44-96-28-60(11)82)48-100-32-64(15)105-67(84)103-62(13)30-98-45-70(38-90-22-54(5)76,39-91-23-55(6)77)40-92-24-56(7)78/h50-65,73-82H,17-49H2,1-16H3. The van der Waals surface area contributed by atoms with Crippen LogP contribution in [-0.2, 0) is 104 Å². The van der Waals surface area contributed by atoms with Gasteiger partial charge in [-0.3, -0.25) is 4.79 Å². The van der Waals surface area contributed by atoms with Gasteiger partial charge in [0.25, 0.3) is 0 Å². The molecule has 0 spiro atoms. The van der Waals surface area contributed by atoms with E-state index in [9.17, 15) is 65.4 Å². The van der Waals surface area contributed by atoms with Gasteiger partial charge in [0.1, 0.15) is 30.5 Å². The molecule has 34 nitrogen and oxygen atoms in total. The van der Waals surface area contributed by atoms with E-state index < -0.39 is 131 Å². The summed E-state index contributed by atoms with van der Waals surface area (Å²) < 4.78 is 123. The van der Waals surface area contributed by atoms with Crippen LogP contribution in [0, 0.1) is 27.6 Å². The minimum Gasteiger partial charge on any atom is -0.460 e. The molecule has 0 aromatic rings. The molecule has 0 aromatic heterocycles. The summed E-state index contributed by atoms with van der Waals surface area (Å²) in [5.74, 6) is -0.827. The average molecular weight is 1550 g/mol. The zero-order chi connectivity index (χ0) is 80.2. The topological polar surface area (TPSA) is 447 Å². The van der Waals surface area contributed by atoms with Crippen molar-refractivity contribution in [1.29, 1.82) is 0 Å². The monoisotopic (exact) mass is 1550 g/mol. The molecule has 0 heterocycles. The van der Waals surface area contributed by atoms with Crippen LogP contribution in [0.15, 0.2) is 0 Å². The minimum absolute atomic E-state index is 0.0124. The summed E-state index contributed by atoms with van der Waals surface area (Å²) in [5.41, 5.74) is -4.01. The number of aliphatic hydroxyl groups is 10. The third-order valence-electron chi connectivity index (χ3n) is 14.3. The minimum atomic E-state index is -1.10. The first kappa shape index (κ1) is 103. The van der Waals surface area contributed by atoms with Crippen LogP contribution in [0.4, 0.5) is 9.59 Å². The molecule has 0 fully saturated rings. The van der Waals surface area contributed by atoms with Crippen LogP contribution in [-0.4, -0.2) is 372 Å². The second-order valence-corrected chi connectivity index (χ2v) is 29.6. The van der Waals surface area contributed by atoms with Gasteiger partial charge in [0.2, 0.25) is 0 Å². The van der Waals surface area contributed by atoms with Crippen LogP contribution in [0.5, 0.6) is 0 Å². The van der Waals surface area contributed by atoms with E-state index in [0.29, 0.717) is 0 Å². The number of carbonyl (C=O) groups excluding carboxylic acids is 3. The molecule has 16 unspecified atom stereocenters. The summed E-state index contributed by atoms with van der Waals surface area (Å²) in [6.45, 7) is 24.7. The van der Waals surface area contributed by atoms with Crippen molar-refractivity contribution < 1.29 is 165 Å². The van der Waals surface area contributed by atoms with Gasteiger partial charge in [-0.1, -0.05) is 6.92 Å². The number of hydrogen-bond donors (Lipinski definition) is 10. The van der Waals surface area contributed by atoms with Crippen molar-refractivity contribution in [2.75, 3.05) is 211 Å². The fourth-order valence-corrected chi connectivity index (χ4v) is 9.64. The molecule has 106 heavy (non-hydrogen) atoms. The third kappa shape index (κ3) is 57.1. The van der Waals surface area contributed by atoms with Gasteiger partial charge < -0.3 is 151 Å². The summed E-state index contributed by atoms with van der Waals surface area (Å²) in [7, 11) is 0. The summed E-state index contributed by atoms with van der Waals surface area (Å²) in [6, 6.07) is 0. The zero-order valence-corrected chi connectivity index (χ0v) is 66.3. The van der Waals surface area contributed by atoms with Crippen molar-refractivity contribution in [1.82, 2.24) is 0 Å². The van der Waals surface area contributed by atoms with Crippen molar-refractivity contribution in [3.8, 4) is 0 Å². The van der Waals surface area contributed by atoms with Crippen LogP contribution in [0.3, 0.4) is 0 Å². The van der Waals surface area contributed by atoms with Gasteiger partial charge in [0, 0.05) is 6.61 Å². The lowest BCUT2D eigenvalue weighted by Gasteiger charge is -2.34. The highest BCUT2D eigenvalue weighted by Gasteiger charge is 2.38. The van der Waals surface area contributed by atoms with Gasteiger partial charge >= 0.3 is 18.3 Å². The van der Waals surface area contributed by atoms with Gasteiger partial charge in [0.05, 0.1) is 294 Å². The number of rotatable bonds is 71. The van der Waals surface area contributed by atoms with Crippen LogP contribution < -0.4 is 0 Å². The Morgan fingerprint density at radius 1 is 0.208 bits per heavy atom. The molecule has 0 aliphatic heterocycles. The quantitative estimate of drug-likeness (QED) is 0.0307. The highest BCUT2D eigenvalue weighted by atomic mass is 16.7. The fraction of sp³-hybridized carbons (Fsp3) is 0.958. The predicted octanol–water partition coefficient (Wildman–Crippen LogP) is 1.82. The predicted molar refractivity (Wildman–Crippen MR) is 382 cm³/mol. The van der Waals surface area contributed by atoms with Crippen LogP contribution in [0.25, 0.3) is 0 Å². The smallest absolute Gasteiger partial charge is 0.460 e. The van der Waals surface area contributed by atoms with Gasteiger partial charge in [0.15, 0.2) is 0 Å². The first-order chi connectivity index (χ1) is 49.8. The highest BCUT2D eigenvalue weighted by Crippen LogP contribution is 2.27. The maximum absolute atomic E-state index is 13.2. The van der Waals surface area contributed by atoms with Crippen molar-refractivity contribution in [3.05, 3.63) is 0 Å². The zero-order valence-electron chi connectivity index (χ0n) is 66.3. The van der Waals surface area contributed by atoms with E-state index >= 15 is 0 Å². The number of aliphatic hydroxyl groups excluding tert-OH is 10. The lowest BCUT2D eigenvalue weighted by Crippen LogP contribution is -2.44. The number of carbonyl (C=O) groups is 3. The Hall–Kier alpha value is -3.03. The molecule has 10 N–H and O–H groups in total. The molecule has 0 aliphatic rings. The Morgan fingerprint density at radius 2 is 0.340 bits per heavy atom. The van der Waals surface area contributed by atoms with Crippen LogP contribution in [0.2, 0.25) is 0 Å². The molecule has 34 heteroatoms. The molecule has 632 valence electrons. The van der Waals surface area contributed by atoms with Crippen molar-refractivity contribution in [2.45, 2.75) is 209 Å². The van der Waals surface area contributed by atoms with E-state index in [1.54, 1.807) is 104 Å². The van der Waals surface area contributed by atoms with Gasteiger partial charge in [-0.05, 0) is 110 Å². The summed E-state index contributed by atoms with van der Waals surface area (Å²) >= 11 is 0. The van der Waals surface area contributed by atoms with Crippen LogP contribution >= 0.6 is 0 Å². The average Bonchev–Trinajstić information content (AvgIpc) is 0.881. The van der Waals surface area contributed by atoms with E-state index in [-0.39, 0.29) is 224 Å². The fourth-order valence-electron chi connectivity index (χ4n) is 9.64.